The van der Waals surface area contributed by atoms with Gasteiger partial charge < -0.3 is 9.94 Å². The molecule has 0 atom stereocenters. The fourth-order valence-corrected chi connectivity index (χ4v) is 2.11. The fourth-order valence-electron chi connectivity index (χ4n) is 2.11. The van der Waals surface area contributed by atoms with Crippen molar-refractivity contribution >= 4 is 12.1 Å². The number of aromatic hydroxyl groups is 1. The summed E-state index contributed by atoms with van der Waals surface area (Å²) in [5, 5.41) is 14.4. The third-order valence-corrected chi connectivity index (χ3v) is 3.38. The molecule has 1 amide bonds. The Bertz CT molecular complexity index is 561. The van der Waals surface area contributed by atoms with E-state index < -0.39 is 5.91 Å². The Morgan fingerprint density at radius 3 is 2.09 bits per heavy atom. The van der Waals surface area contributed by atoms with Gasteiger partial charge in [0, 0.05) is 11.1 Å². The molecule has 0 aliphatic rings. The van der Waals surface area contributed by atoms with Crippen molar-refractivity contribution in [2.45, 2.75) is 52.4 Å². The molecule has 0 saturated carbocycles. The van der Waals surface area contributed by atoms with E-state index in [9.17, 15) is 9.90 Å². The Balaban J connectivity index is 3.18. The number of phenolic OH excluding ortho intramolecular Hbond substituents is 1. The van der Waals surface area contributed by atoms with Gasteiger partial charge in [0.2, 0.25) is 0 Å². The van der Waals surface area contributed by atoms with Crippen molar-refractivity contribution in [3.63, 3.8) is 0 Å². The van der Waals surface area contributed by atoms with Crippen LogP contribution in [-0.2, 0) is 20.5 Å². The van der Waals surface area contributed by atoms with Crippen molar-refractivity contribution in [2.75, 3.05) is 6.61 Å². The molecule has 0 spiro atoms. The summed E-state index contributed by atoms with van der Waals surface area (Å²) in [5.41, 5.74) is 4.01. The van der Waals surface area contributed by atoms with Gasteiger partial charge >= 0.3 is 0 Å². The smallest absolute Gasteiger partial charge is 0.274 e. The van der Waals surface area contributed by atoms with Crippen molar-refractivity contribution < 1.29 is 14.7 Å². The van der Waals surface area contributed by atoms with E-state index in [4.69, 9.17) is 10.7 Å². The second-order valence-corrected chi connectivity index (χ2v) is 7.54. The monoisotopic (exact) mass is 321 g/mol. The van der Waals surface area contributed by atoms with Gasteiger partial charge in [-0.15, -0.1) is 0 Å². The highest BCUT2D eigenvalue weighted by molar-refractivity contribution is 5.81. The molecular formula is C17H27N3O3. The zero-order valence-electron chi connectivity index (χ0n) is 14.7. The number of hydrogen-bond donors (Lipinski definition) is 3. The largest absolute Gasteiger partial charge is 0.507 e. The maximum Gasteiger partial charge on any atom is 0.274 e. The first-order chi connectivity index (χ1) is 10.5. The molecule has 0 aliphatic heterocycles. The number of nitrogens with one attached hydrogen (secondary N) is 1. The van der Waals surface area contributed by atoms with Crippen LogP contribution in [0.2, 0.25) is 0 Å². The van der Waals surface area contributed by atoms with E-state index >= 15 is 0 Å². The number of nitrogens with zero attached hydrogens (tertiary/aromatic N) is 1. The molecule has 6 heteroatoms. The highest BCUT2D eigenvalue weighted by Crippen LogP contribution is 2.39. The summed E-state index contributed by atoms with van der Waals surface area (Å²) in [7, 11) is 0. The van der Waals surface area contributed by atoms with Gasteiger partial charge in [0.15, 0.2) is 6.61 Å². The van der Waals surface area contributed by atoms with Crippen LogP contribution in [-0.4, -0.2) is 23.8 Å². The lowest BCUT2D eigenvalue weighted by atomic mass is 9.78. The van der Waals surface area contributed by atoms with Crippen LogP contribution >= 0.6 is 0 Å². The lowest BCUT2D eigenvalue weighted by molar-refractivity contribution is -0.125. The predicted octanol–water partition coefficient (Wildman–Crippen LogP) is 2.33. The van der Waals surface area contributed by atoms with Crippen LogP contribution in [0.3, 0.4) is 0 Å². The number of amides is 1. The normalized spacial score (nSPS) is 12.5. The number of carbonyl (C=O) groups excluding carboxylic acids is 1. The zero-order chi connectivity index (χ0) is 17.8. The summed E-state index contributed by atoms with van der Waals surface area (Å²) in [6.07, 6.45) is 1.52. The van der Waals surface area contributed by atoms with Crippen LogP contribution < -0.4 is 11.3 Å². The number of benzene rings is 1. The van der Waals surface area contributed by atoms with Crippen LogP contribution in [0.15, 0.2) is 17.3 Å². The molecule has 0 aliphatic carbocycles. The van der Waals surface area contributed by atoms with Gasteiger partial charge in [0.1, 0.15) is 5.75 Å². The van der Waals surface area contributed by atoms with Gasteiger partial charge in [-0.25, -0.2) is 5.84 Å². The minimum Gasteiger partial charge on any atom is -0.507 e. The van der Waals surface area contributed by atoms with Crippen LogP contribution in [0.1, 0.15) is 58.2 Å². The van der Waals surface area contributed by atoms with E-state index in [1.807, 2.05) is 59.1 Å². The first-order valence-corrected chi connectivity index (χ1v) is 7.49. The molecule has 1 rings (SSSR count). The topological polar surface area (TPSA) is 96.9 Å². The summed E-state index contributed by atoms with van der Waals surface area (Å²) in [5.74, 6) is 4.81. The Hall–Kier alpha value is -2.08. The van der Waals surface area contributed by atoms with Gasteiger partial charge in [-0.05, 0) is 28.5 Å². The molecular weight excluding hydrogens is 294 g/mol. The van der Waals surface area contributed by atoms with Crippen molar-refractivity contribution in [3.05, 3.63) is 28.8 Å². The molecule has 1 aromatic carbocycles. The maximum atomic E-state index is 11.0. The summed E-state index contributed by atoms with van der Waals surface area (Å²) < 4.78 is 0. The van der Waals surface area contributed by atoms with Gasteiger partial charge in [-0.1, -0.05) is 46.7 Å². The molecule has 0 unspecified atom stereocenters. The molecule has 0 heterocycles. The third kappa shape index (κ3) is 5.25. The first kappa shape index (κ1) is 19.0. The molecule has 1 aromatic rings. The SMILES string of the molecule is CC(C)(C)c1cc(C=NOCC(=O)NN)cc(C(C)(C)C)c1O. The van der Waals surface area contributed by atoms with E-state index in [0.717, 1.165) is 16.7 Å². The Labute approximate surface area is 137 Å². The van der Waals surface area contributed by atoms with Gasteiger partial charge in [0.25, 0.3) is 5.91 Å². The van der Waals surface area contributed by atoms with Crippen molar-refractivity contribution in [1.82, 2.24) is 5.43 Å². The Morgan fingerprint density at radius 1 is 1.22 bits per heavy atom. The Morgan fingerprint density at radius 2 is 1.70 bits per heavy atom. The highest BCUT2D eigenvalue weighted by atomic mass is 16.6. The van der Waals surface area contributed by atoms with E-state index in [0.29, 0.717) is 5.75 Å². The maximum absolute atomic E-state index is 11.0. The molecule has 6 nitrogen and oxygen atoms in total. The molecule has 0 saturated heterocycles. The number of rotatable bonds is 4. The third-order valence-electron chi connectivity index (χ3n) is 3.38. The van der Waals surface area contributed by atoms with E-state index in [-0.39, 0.29) is 17.4 Å². The van der Waals surface area contributed by atoms with Crippen LogP contribution in [0.4, 0.5) is 0 Å². The van der Waals surface area contributed by atoms with Crippen molar-refractivity contribution in [1.29, 1.82) is 0 Å². The summed E-state index contributed by atoms with van der Waals surface area (Å²) in [6.45, 7) is 12.0. The lowest BCUT2D eigenvalue weighted by Gasteiger charge is -2.27. The minimum absolute atomic E-state index is 0.214. The summed E-state index contributed by atoms with van der Waals surface area (Å²) in [6, 6.07) is 3.75. The molecule has 128 valence electrons. The van der Waals surface area contributed by atoms with E-state index in [2.05, 4.69) is 5.16 Å². The van der Waals surface area contributed by atoms with Crippen LogP contribution in [0.25, 0.3) is 0 Å². The number of hydrogen-bond acceptors (Lipinski definition) is 5. The highest BCUT2D eigenvalue weighted by Gasteiger charge is 2.26. The minimum atomic E-state index is -0.460. The first-order valence-electron chi connectivity index (χ1n) is 7.49. The van der Waals surface area contributed by atoms with Gasteiger partial charge in [-0.3, -0.25) is 10.2 Å². The summed E-state index contributed by atoms with van der Waals surface area (Å²) >= 11 is 0. The molecule has 23 heavy (non-hydrogen) atoms. The predicted molar refractivity (Wildman–Crippen MR) is 91.4 cm³/mol. The standard InChI is InChI=1S/C17H27N3O3/c1-16(2,3)12-7-11(9-19-23-10-14(21)20-18)8-13(15(12)22)17(4,5)6/h7-9,22H,10,18H2,1-6H3,(H,20,21). The number of carbonyl (C=O) groups is 1. The second kappa shape index (κ2) is 7.00. The number of oxime groups is 1. The number of hydrazine groups is 1. The average molecular weight is 321 g/mol. The quantitative estimate of drug-likeness (QED) is 0.343. The molecule has 0 bridgehead atoms. The van der Waals surface area contributed by atoms with Gasteiger partial charge in [0.05, 0.1) is 6.21 Å². The molecule has 0 fully saturated rings. The molecule has 0 radical (unpaired) electrons. The average Bonchev–Trinajstić information content (AvgIpc) is 2.41. The number of nitrogens with two attached hydrogens (primary N) is 1. The second-order valence-electron chi connectivity index (χ2n) is 7.54. The van der Waals surface area contributed by atoms with E-state index in [1.54, 1.807) is 0 Å². The van der Waals surface area contributed by atoms with Gasteiger partial charge in [-0.2, -0.15) is 0 Å². The Kier molecular flexibility index (Phi) is 5.77. The van der Waals surface area contributed by atoms with Crippen molar-refractivity contribution in [2.24, 2.45) is 11.0 Å². The summed E-state index contributed by atoms with van der Waals surface area (Å²) in [4.78, 5) is 15.9. The molecule has 4 N–H and O–H groups in total. The van der Waals surface area contributed by atoms with Crippen LogP contribution in [0, 0.1) is 0 Å². The lowest BCUT2D eigenvalue weighted by Crippen LogP contribution is -2.32. The molecule has 0 aromatic heterocycles. The zero-order valence-corrected chi connectivity index (χ0v) is 14.7. The van der Waals surface area contributed by atoms with Crippen molar-refractivity contribution in [3.8, 4) is 5.75 Å². The number of phenols is 1. The van der Waals surface area contributed by atoms with E-state index in [1.165, 1.54) is 6.21 Å². The fraction of sp³-hybridized carbons (Fsp3) is 0.529. The van der Waals surface area contributed by atoms with Crippen LogP contribution in [0.5, 0.6) is 5.75 Å².